The van der Waals surface area contributed by atoms with Crippen molar-refractivity contribution in [2.75, 3.05) is 11.1 Å². The van der Waals surface area contributed by atoms with Crippen LogP contribution >= 0.6 is 11.6 Å². The van der Waals surface area contributed by atoms with Gasteiger partial charge in [-0.2, -0.15) is 0 Å². The van der Waals surface area contributed by atoms with Crippen LogP contribution in [0.15, 0.2) is 18.2 Å². The lowest BCUT2D eigenvalue weighted by molar-refractivity contribution is -0.121. The predicted octanol–water partition coefficient (Wildman–Crippen LogP) is 3.30. The first-order valence-corrected chi connectivity index (χ1v) is 6.89. The van der Waals surface area contributed by atoms with Gasteiger partial charge in [0.1, 0.15) is 0 Å². The molecule has 0 aliphatic heterocycles. The Labute approximate surface area is 112 Å². The van der Waals surface area contributed by atoms with Crippen LogP contribution in [0.1, 0.15) is 25.7 Å². The molecule has 3 rings (SSSR count). The molecule has 4 heteroatoms. The van der Waals surface area contributed by atoms with Gasteiger partial charge in [0.15, 0.2) is 0 Å². The van der Waals surface area contributed by atoms with Crippen molar-refractivity contribution in [2.45, 2.75) is 25.7 Å². The molecule has 3 nitrogen and oxygen atoms in total. The van der Waals surface area contributed by atoms with Crippen LogP contribution in [0.4, 0.5) is 11.4 Å². The minimum atomic E-state index is 0.133. The van der Waals surface area contributed by atoms with Crippen LogP contribution < -0.4 is 11.1 Å². The van der Waals surface area contributed by atoms with Crippen LogP contribution in [0.5, 0.6) is 0 Å². The Hall–Kier alpha value is -1.22. The number of halogens is 1. The highest BCUT2D eigenvalue weighted by atomic mass is 35.5. The fourth-order valence-corrected chi connectivity index (χ4v) is 2.77. The first kappa shape index (κ1) is 11.8. The third-order valence-electron chi connectivity index (χ3n) is 3.83. The highest BCUT2D eigenvalue weighted by Gasteiger charge is 2.45. The molecule has 0 radical (unpaired) electrons. The van der Waals surface area contributed by atoms with E-state index in [1.807, 2.05) is 0 Å². The molecule has 2 aliphatic carbocycles. The molecule has 3 N–H and O–H groups in total. The molecule has 1 aromatic rings. The fourth-order valence-electron chi connectivity index (χ4n) is 2.59. The van der Waals surface area contributed by atoms with E-state index in [0.29, 0.717) is 28.2 Å². The maximum absolute atomic E-state index is 12.3. The van der Waals surface area contributed by atoms with Gasteiger partial charge in [-0.05, 0) is 55.7 Å². The van der Waals surface area contributed by atoms with Crippen LogP contribution in [0, 0.1) is 17.8 Å². The number of carbonyl (C=O) groups excluding carboxylic acids is 1. The smallest absolute Gasteiger partial charge is 0.228 e. The lowest BCUT2D eigenvalue weighted by Crippen LogP contribution is -2.26. The maximum Gasteiger partial charge on any atom is 0.228 e. The molecule has 0 saturated heterocycles. The highest BCUT2D eigenvalue weighted by molar-refractivity contribution is 6.31. The summed E-state index contributed by atoms with van der Waals surface area (Å²) < 4.78 is 0. The Bertz CT molecular complexity index is 469. The number of anilines is 2. The first-order chi connectivity index (χ1) is 8.65. The second-order valence-corrected chi connectivity index (χ2v) is 5.86. The minimum absolute atomic E-state index is 0.133. The number of benzene rings is 1. The van der Waals surface area contributed by atoms with Gasteiger partial charge >= 0.3 is 0 Å². The average molecular weight is 265 g/mol. The number of carbonyl (C=O) groups is 1. The van der Waals surface area contributed by atoms with Gasteiger partial charge in [0.05, 0.1) is 11.4 Å². The summed E-state index contributed by atoms with van der Waals surface area (Å²) in [5.74, 6) is 1.53. The topological polar surface area (TPSA) is 55.1 Å². The minimum Gasteiger partial charge on any atom is -0.397 e. The van der Waals surface area contributed by atoms with E-state index < -0.39 is 0 Å². The van der Waals surface area contributed by atoms with Crippen molar-refractivity contribution in [1.29, 1.82) is 0 Å². The van der Waals surface area contributed by atoms with E-state index in [1.165, 1.54) is 25.7 Å². The van der Waals surface area contributed by atoms with Gasteiger partial charge in [0.25, 0.3) is 0 Å². The highest BCUT2D eigenvalue weighted by Crippen LogP contribution is 2.49. The number of hydrogen-bond acceptors (Lipinski definition) is 2. The van der Waals surface area contributed by atoms with Crippen LogP contribution in [-0.2, 0) is 4.79 Å². The lowest BCUT2D eigenvalue weighted by atomic mass is 9.97. The lowest BCUT2D eigenvalue weighted by Gasteiger charge is -2.16. The SMILES string of the molecule is Nc1cc(Cl)ccc1NC(=O)C(C1CC1)C1CC1. The van der Waals surface area contributed by atoms with E-state index in [-0.39, 0.29) is 11.8 Å². The van der Waals surface area contributed by atoms with Gasteiger partial charge < -0.3 is 11.1 Å². The second-order valence-electron chi connectivity index (χ2n) is 5.42. The monoisotopic (exact) mass is 264 g/mol. The molecule has 18 heavy (non-hydrogen) atoms. The number of nitrogens with one attached hydrogen (secondary N) is 1. The van der Waals surface area contributed by atoms with E-state index >= 15 is 0 Å². The van der Waals surface area contributed by atoms with Gasteiger partial charge in [-0.25, -0.2) is 0 Å². The van der Waals surface area contributed by atoms with E-state index in [0.717, 1.165) is 0 Å². The van der Waals surface area contributed by atoms with Crippen LogP contribution in [0.25, 0.3) is 0 Å². The Morgan fingerprint density at radius 1 is 1.28 bits per heavy atom. The molecule has 0 unspecified atom stereocenters. The van der Waals surface area contributed by atoms with Crippen molar-refractivity contribution in [2.24, 2.45) is 17.8 Å². The van der Waals surface area contributed by atoms with E-state index in [2.05, 4.69) is 5.32 Å². The van der Waals surface area contributed by atoms with Crippen LogP contribution in [0.2, 0.25) is 5.02 Å². The largest absolute Gasteiger partial charge is 0.397 e. The molecule has 0 spiro atoms. The fraction of sp³-hybridized carbons (Fsp3) is 0.500. The molecular weight excluding hydrogens is 248 g/mol. The molecule has 2 fully saturated rings. The predicted molar refractivity (Wildman–Crippen MR) is 73.4 cm³/mol. The number of amides is 1. The summed E-state index contributed by atoms with van der Waals surface area (Å²) in [6, 6.07) is 5.18. The van der Waals surface area contributed by atoms with Gasteiger partial charge in [-0.1, -0.05) is 11.6 Å². The Balaban J connectivity index is 1.72. The molecule has 0 aromatic heterocycles. The van der Waals surface area contributed by atoms with Crippen LogP contribution in [-0.4, -0.2) is 5.91 Å². The number of nitrogen functional groups attached to an aromatic ring is 1. The molecule has 96 valence electrons. The molecular formula is C14H17ClN2O. The normalized spacial score (nSPS) is 19.0. The summed E-state index contributed by atoms with van der Waals surface area (Å²) in [5.41, 5.74) is 7.06. The zero-order chi connectivity index (χ0) is 12.7. The van der Waals surface area contributed by atoms with Crippen molar-refractivity contribution in [3.8, 4) is 0 Å². The Morgan fingerprint density at radius 3 is 2.39 bits per heavy atom. The van der Waals surface area contributed by atoms with Gasteiger partial charge in [-0.15, -0.1) is 0 Å². The molecule has 1 amide bonds. The van der Waals surface area contributed by atoms with Crippen molar-refractivity contribution in [1.82, 2.24) is 0 Å². The summed E-state index contributed by atoms with van der Waals surface area (Å²) in [6.07, 6.45) is 4.80. The third kappa shape index (κ3) is 2.46. The molecule has 2 saturated carbocycles. The zero-order valence-electron chi connectivity index (χ0n) is 10.2. The second kappa shape index (κ2) is 4.47. The quantitative estimate of drug-likeness (QED) is 0.820. The molecule has 0 atom stereocenters. The number of nitrogens with two attached hydrogens (primary N) is 1. The standard InChI is InChI=1S/C14H17ClN2O/c15-10-5-6-12(11(16)7-10)17-14(18)13(8-1-2-8)9-3-4-9/h5-9,13H,1-4,16H2,(H,17,18). The van der Waals surface area contributed by atoms with Crippen LogP contribution in [0.3, 0.4) is 0 Å². The van der Waals surface area contributed by atoms with Gasteiger partial charge in [0, 0.05) is 10.9 Å². The Kier molecular flexibility index (Phi) is 2.94. The van der Waals surface area contributed by atoms with Gasteiger partial charge in [-0.3, -0.25) is 4.79 Å². The molecule has 0 bridgehead atoms. The van der Waals surface area contributed by atoms with Crippen molar-refractivity contribution >= 4 is 28.9 Å². The molecule has 0 heterocycles. The summed E-state index contributed by atoms with van der Waals surface area (Å²) in [5, 5.41) is 3.55. The summed E-state index contributed by atoms with van der Waals surface area (Å²) in [7, 11) is 0. The summed E-state index contributed by atoms with van der Waals surface area (Å²) in [6.45, 7) is 0. The number of rotatable bonds is 4. The maximum atomic E-state index is 12.3. The molecule has 2 aliphatic rings. The summed E-state index contributed by atoms with van der Waals surface area (Å²) in [4.78, 5) is 12.3. The average Bonchev–Trinajstić information content (AvgIpc) is 3.16. The van der Waals surface area contributed by atoms with Crippen molar-refractivity contribution in [3.05, 3.63) is 23.2 Å². The van der Waals surface area contributed by atoms with Crippen molar-refractivity contribution < 1.29 is 4.79 Å². The zero-order valence-corrected chi connectivity index (χ0v) is 10.9. The summed E-state index contributed by atoms with van der Waals surface area (Å²) >= 11 is 5.84. The number of hydrogen-bond donors (Lipinski definition) is 2. The Morgan fingerprint density at radius 2 is 1.89 bits per heavy atom. The van der Waals surface area contributed by atoms with E-state index in [1.54, 1.807) is 18.2 Å². The van der Waals surface area contributed by atoms with Gasteiger partial charge in [0.2, 0.25) is 5.91 Å². The van der Waals surface area contributed by atoms with E-state index in [4.69, 9.17) is 17.3 Å². The first-order valence-electron chi connectivity index (χ1n) is 6.51. The van der Waals surface area contributed by atoms with E-state index in [9.17, 15) is 4.79 Å². The van der Waals surface area contributed by atoms with Crippen molar-refractivity contribution in [3.63, 3.8) is 0 Å². The third-order valence-corrected chi connectivity index (χ3v) is 4.07. The molecule has 1 aromatic carbocycles.